The molecule has 0 radical (unpaired) electrons. The minimum absolute atomic E-state index is 0.111. The standard InChI is InChI=1S/C17H23NO3/c1-13-4-2-8-18(9-7-13)17(19)14-5-6-15-16(12-14)21-11-3-10-20-15/h5-6,12-13H,2-4,7-11H2,1H3/t13-/m0/s1. The van der Waals surface area contributed by atoms with Gasteiger partial charge in [0.2, 0.25) is 0 Å². The molecule has 0 bridgehead atoms. The summed E-state index contributed by atoms with van der Waals surface area (Å²) < 4.78 is 11.3. The number of rotatable bonds is 1. The number of hydrogen-bond donors (Lipinski definition) is 0. The molecule has 114 valence electrons. The smallest absolute Gasteiger partial charge is 0.253 e. The summed E-state index contributed by atoms with van der Waals surface area (Å²) in [6, 6.07) is 5.54. The number of benzene rings is 1. The maximum Gasteiger partial charge on any atom is 0.253 e. The van der Waals surface area contributed by atoms with Gasteiger partial charge in [-0.1, -0.05) is 6.92 Å². The molecule has 1 amide bonds. The van der Waals surface area contributed by atoms with Gasteiger partial charge in [-0.2, -0.15) is 0 Å². The molecule has 0 aromatic heterocycles. The molecule has 1 atom stereocenters. The van der Waals surface area contributed by atoms with E-state index in [1.165, 1.54) is 6.42 Å². The Kier molecular flexibility index (Phi) is 4.32. The van der Waals surface area contributed by atoms with E-state index in [1.807, 2.05) is 23.1 Å². The predicted molar refractivity (Wildman–Crippen MR) is 81.0 cm³/mol. The van der Waals surface area contributed by atoms with Crippen molar-refractivity contribution in [1.29, 1.82) is 0 Å². The number of likely N-dealkylation sites (tertiary alicyclic amines) is 1. The molecule has 0 aliphatic carbocycles. The van der Waals surface area contributed by atoms with Gasteiger partial charge >= 0.3 is 0 Å². The summed E-state index contributed by atoms with van der Waals surface area (Å²) >= 11 is 0. The number of nitrogens with zero attached hydrogens (tertiary/aromatic N) is 1. The molecule has 2 aliphatic rings. The number of amides is 1. The van der Waals surface area contributed by atoms with Crippen molar-refractivity contribution in [1.82, 2.24) is 4.90 Å². The van der Waals surface area contributed by atoms with Gasteiger partial charge in [0, 0.05) is 25.1 Å². The van der Waals surface area contributed by atoms with Crippen LogP contribution in [-0.4, -0.2) is 37.1 Å². The second-order valence-corrected chi connectivity index (χ2v) is 6.04. The van der Waals surface area contributed by atoms with Crippen LogP contribution in [0.25, 0.3) is 0 Å². The van der Waals surface area contributed by atoms with Crippen LogP contribution in [0, 0.1) is 5.92 Å². The molecule has 2 heterocycles. The van der Waals surface area contributed by atoms with E-state index in [-0.39, 0.29) is 5.91 Å². The Morgan fingerprint density at radius 1 is 1.10 bits per heavy atom. The molecule has 21 heavy (non-hydrogen) atoms. The van der Waals surface area contributed by atoms with Crippen molar-refractivity contribution in [3.8, 4) is 11.5 Å². The first kappa shape index (κ1) is 14.2. The van der Waals surface area contributed by atoms with Gasteiger partial charge in [-0.3, -0.25) is 4.79 Å². The summed E-state index contributed by atoms with van der Waals surface area (Å²) in [6.07, 6.45) is 4.28. The van der Waals surface area contributed by atoms with Crippen LogP contribution in [0.4, 0.5) is 0 Å². The number of hydrogen-bond acceptors (Lipinski definition) is 3. The second-order valence-electron chi connectivity index (χ2n) is 6.04. The van der Waals surface area contributed by atoms with E-state index in [0.717, 1.165) is 38.1 Å². The quantitative estimate of drug-likeness (QED) is 0.797. The van der Waals surface area contributed by atoms with Gasteiger partial charge in [-0.25, -0.2) is 0 Å². The summed E-state index contributed by atoms with van der Waals surface area (Å²) in [5.74, 6) is 2.27. The van der Waals surface area contributed by atoms with E-state index < -0.39 is 0 Å². The second kappa shape index (κ2) is 6.37. The molecular formula is C17H23NO3. The third-order valence-electron chi connectivity index (χ3n) is 4.30. The van der Waals surface area contributed by atoms with Crippen LogP contribution in [0.15, 0.2) is 18.2 Å². The van der Waals surface area contributed by atoms with Crippen molar-refractivity contribution >= 4 is 5.91 Å². The Hall–Kier alpha value is -1.71. The topological polar surface area (TPSA) is 38.8 Å². The summed E-state index contributed by atoms with van der Waals surface area (Å²) in [5, 5.41) is 0. The molecule has 1 saturated heterocycles. The van der Waals surface area contributed by atoms with E-state index in [9.17, 15) is 4.79 Å². The maximum atomic E-state index is 12.7. The van der Waals surface area contributed by atoms with Crippen LogP contribution in [0.5, 0.6) is 11.5 Å². The first-order chi connectivity index (χ1) is 10.2. The van der Waals surface area contributed by atoms with Crippen LogP contribution in [0.3, 0.4) is 0 Å². The molecule has 1 aromatic rings. The minimum atomic E-state index is 0.111. The molecule has 0 spiro atoms. The Balaban J connectivity index is 1.76. The lowest BCUT2D eigenvalue weighted by atomic mass is 10.0. The fourth-order valence-electron chi connectivity index (χ4n) is 2.94. The van der Waals surface area contributed by atoms with Gasteiger partial charge in [0.1, 0.15) is 0 Å². The van der Waals surface area contributed by atoms with Crippen LogP contribution < -0.4 is 9.47 Å². The van der Waals surface area contributed by atoms with E-state index in [1.54, 1.807) is 0 Å². The zero-order chi connectivity index (χ0) is 14.7. The largest absolute Gasteiger partial charge is 0.490 e. The molecule has 1 fully saturated rings. The molecular weight excluding hydrogens is 266 g/mol. The molecule has 1 aromatic carbocycles. The third kappa shape index (κ3) is 3.31. The molecule has 2 aliphatic heterocycles. The van der Waals surface area contributed by atoms with Crippen molar-refractivity contribution in [2.75, 3.05) is 26.3 Å². The Morgan fingerprint density at radius 2 is 1.90 bits per heavy atom. The average Bonchev–Trinajstić information content (AvgIpc) is 2.85. The fourth-order valence-corrected chi connectivity index (χ4v) is 2.94. The van der Waals surface area contributed by atoms with E-state index in [4.69, 9.17) is 9.47 Å². The maximum absolute atomic E-state index is 12.7. The highest BCUT2D eigenvalue weighted by Gasteiger charge is 2.21. The fraction of sp³-hybridized carbons (Fsp3) is 0.588. The lowest BCUT2D eigenvalue weighted by molar-refractivity contribution is 0.0760. The lowest BCUT2D eigenvalue weighted by Crippen LogP contribution is -2.32. The predicted octanol–water partition coefficient (Wildman–Crippen LogP) is 3.11. The number of carbonyl (C=O) groups excluding carboxylic acids is 1. The van der Waals surface area contributed by atoms with Gasteiger partial charge in [-0.05, 0) is 43.4 Å². The van der Waals surface area contributed by atoms with Gasteiger partial charge in [0.15, 0.2) is 11.5 Å². The van der Waals surface area contributed by atoms with Gasteiger partial charge in [0.05, 0.1) is 13.2 Å². The Bertz CT molecular complexity index is 515. The lowest BCUT2D eigenvalue weighted by Gasteiger charge is -2.21. The molecule has 3 rings (SSSR count). The highest BCUT2D eigenvalue weighted by atomic mass is 16.5. The highest BCUT2D eigenvalue weighted by Crippen LogP contribution is 2.31. The first-order valence-corrected chi connectivity index (χ1v) is 7.93. The third-order valence-corrected chi connectivity index (χ3v) is 4.30. The van der Waals surface area contributed by atoms with Crippen LogP contribution >= 0.6 is 0 Å². The van der Waals surface area contributed by atoms with Crippen molar-refractivity contribution in [2.24, 2.45) is 5.92 Å². The number of carbonyl (C=O) groups is 1. The van der Waals surface area contributed by atoms with Crippen LogP contribution in [0.1, 0.15) is 43.0 Å². The van der Waals surface area contributed by atoms with Crippen LogP contribution in [0.2, 0.25) is 0 Å². The molecule has 0 unspecified atom stereocenters. The molecule has 4 nitrogen and oxygen atoms in total. The Morgan fingerprint density at radius 3 is 2.76 bits per heavy atom. The molecule has 0 saturated carbocycles. The van der Waals surface area contributed by atoms with Crippen molar-refractivity contribution in [2.45, 2.75) is 32.6 Å². The zero-order valence-electron chi connectivity index (χ0n) is 12.6. The van der Waals surface area contributed by atoms with Crippen molar-refractivity contribution in [3.05, 3.63) is 23.8 Å². The summed E-state index contributed by atoms with van der Waals surface area (Å²) in [5.41, 5.74) is 0.703. The van der Waals surface area contributed by atoms with E-state index >= 15 is 0 Å². The van der Waals surface area contributed by atoms with E-state index in [2.05, 4.69) is 6.92 Å². The summed E-state index contributed by atoms with van der Waals surface area (Å²) in [6.45, 7) is 5.30. The molecule has 4 heteroatoms. The monoisotopic (exact) mass is 289 g/mol. The van der Waals surface area contributed by atoms with Crippen LogP contribution in [-0.2, 0) is 0 Å². The number of ether oxygens (including phenoxy) is 2. The summed E-state index contributed by atoms with van der Waals surface area (Å²) in [7, 11) is 0. The number of fused-ring (bicyclic) bond motifs is 1. The van der Waals surface area contributed by atoms with Gasteiger partial charge in [0.25, 0.3) is 5.91 Å². The SMILES string of the molecule is C[C@H]1CCCN(C(=O)c2ccc3c(c2)OCCCO3)CC1. The van der Waals surface area contributed by atoms with Crippen molar-refractivity contribution in [3.63, 3.8) is 0 Å². The normalized spacial score (nSPS) is 22.3. The van der Waals surface area contributed by atoms with Gasteiger partial charge in [-0.15, -0.1) is 0 Å². The summed E-state index contributed by atoms with van der Waals surface area (Å²) in [4.78, 5) is 14.6. The van der Waals surface area contributed by atoms with E-state index in [0.29, 0.717) is 30.4 Å². The van der Waals surface area contributed by atoms with Crippen molar-refractivity contribution < 1.29 is 14.3 Å². The first-order valence-electron chi connectivity index (χ1n) is 7.93. The molecule has 0 N–H and O–H groups in total. The van der Waals surface area contributed by atoms with Gasteiger partial charge < -0.3 is 14.4 Å². The Labute approximate surface area is 126 Å². The average molecular weight is 289 g/mol. The zero-order valence-corrected chi connectivity index (χ0v) is 12.6. The minimum Gasteiger partial charge on any atom is -0.490 e. The highest BCUT2D eigenvalue weighted by molar-refractivity contribution is 5.95.